The minimum atomic E-state index is -1.89. The molecule has 0 saturated heterocycles. The minimum absolute atomic E-state index is 0.165. The summed E-state index contributed by atoms with van der Waals surface area (Å²) in [6.45, 7) is 12.0. The fourth-order valence-corrected chi connectivity index (χ4v) is 4.16. The highest BCUT2D eigenvalue weighted by atomic mass is 16.4. The molecule has 1 aliphatic rings. The average Bonchev–Trinajstić information content (AvgIpc) is 2.69. The molecular formula is C21H40O5. The van der Waals surface area contributed by atoms with Crippen LogP contribution in [0.2, 0.25) is 0 Å². The van der Waals surface area contributed by atoms with Crippen molar-refractivity contribution in [1.82, 2.24) is 0 Å². The molecule has 0 aromatic heterocycles. The Bertz CT molecular complexity index is 448. The Hall–Kier alpha value is -0.490. The van der Waals surface area contributed by atoms with Crippen LogP contribution in [0.25, 0.3) is 0 Å². The Kier molecular flexibility index (Phi) is 8.72. The van der Waals surface area contributed by atoms with Gasteiger partial charge in [-0.15, -0.1) is 0 Å². The summed E-state index contributed by atoms with van der Waals surface area (Å²) < 4.78 is 0. The van der Waals surface area contributed by atoms with Crippen molar-refractivity contribution in [3.05, 3.63) is 0 Å². The molecule has 26 heavy (non-hydrogen) atoms. The molecule has 1 saturated carbocycles. The van der Waals surface area contributed by atoms with E-state index in [1.165, 1.54) is 0 Å². The molecule has 0 amide bonds. The molecule has 0 aromatic carbocycles. The number of aliphatic hydroxyl groups is 4. The van der Waals surface area contributed by atoms with E-state index in [1.807, 2.05) is 41.5 Å². The lowest BCUT2D eigenvalue weighted by molar-refractivity contribution is -0.169. The zero-order valence-corrected chi connectivity index (χ0v) is 17.4. The summed E-state index contributed by atoms with van der Waals surface area (Å²) in [4.78, 5) is 13.0. The van der Waals surface area contributed by atoms with Crippen LogP contribution in [0.4, 0.5) is 0 Å². The molecule has 6 atom stereocenters. The Morgan fingerprint density at radius 1 is 0.923 bits per heavy atom. The van der Waals surface area contributed by atoms with E-state index < -0.39 is 35.7 Å². The fourth-order valence-electron chi connectivity index (χ4n) is 4.16. The van der Waals surface area contributed by atoms with E-state index in [2.05, 4.69) is 0 Å². The number of carbonyl (C=O) groups is 1. The predicted octanol–water partition coefficient (Wildman–Crippen LogP) is 2.53. The van der Waals surface area contributed by atoms with Crippen LogP contribution in [-0.2, 0) is 4.79 Å². The van der Waals surface area contributed by atoms with Gasteiger partial charge in [-0.1, -0.05) is 48.0 Å². The molecule has 1 fully saturated rings. The summed E-state index contributed by atoms with van der Waals surface area (Å²) in [5.74, 6) is -1.33. The third-order valence-corrected chi connectivity index (χ3v) is 5.76. The van der Waals surface area contributed by atoms with Crippen molar-refractivity contribution in [2.45, 2.75) is 97.6 Å². The monoisotopic (exact) mass is 372 g/mol. The second kappa shape index (κ2) is 9.63. The highest BCUT2D eigenvalue weighted by Crippen LogP contribution is 2.45. The number of hydrogen-bond acceptors (Lipinski definition) is 5. The summed E-state index contributed by atoms with van der Waals surface area (Å²) in [6.07, 6.45) is -1.11. The highest BCUT2D eigenvalue weighted by Gasteiger charge is 2.63. The van der Waals surface area contributed by atoms with Crippen LogP contribution in [0.15, 0.2) is 0 Å². The van der Waals surface area contributed by atoms with Gasteiger partial charge >= 0.3 is 0 Å². The van der Waals surface area contributed by atoms with Gasteiger partial charge in [-0.25, -0.2) is 0 Å². The standard InChI is InChI=1S/C21H40O5/c1-12(2)7-9-15-19(24)18(16(22)11-14(5)6)20(25)21(15,26)17(23)10-8-13(3)4/h12-18,20,22-23,25-26H,7-11H2,1-6H3. The number of carbonyl (C=O) groups excluding carboxylic acids is 1. The van der Waals surface area contributed by atoms with Crippen LogP contribution in [0.5, 0.6) is 0 Å². The molecule has 0 spiro atoms. The lowest BCUT2D eigenvalue weighted by Crippen LogP contribution is -2.55. The topological polar surface area (TPSA) is 98.0 Å². The van der Waals surface area contributed by atoms with Crippen molar-refractivity contribution in [3.63, 3.8) is 0 Å². The number of aliphatic hydroxyl groups excluding tert-OH is 3. The van der Waals surface area contributed by atoms with Crippen molar-refractivity contribution in [2.75, 3.05) is 0 Å². The van der Waals surface area contributed by atoms with Gasteiger partial charge in [0, 0.05) is 0 Å². The minimum Gasteiger partial charge on any atom is -0.392 e. The molecule has 1 rings (SSSR count). The van der Waals surface area contributed by atoms with Gasteiger partial charge in [0.05, 0.1) is 30.1 Å². The van der Waals surface area contributed by atoms with Gasteiger partial charge < -0.3 is 20.4 Å². The molecule has 154 valence electrons. The van der Waals surface area contributed by atoms with Crippen LogP contribution >= 0.6 is 0 Å². The van der Waals surface area contributed by atoms with Crippen LogP contribution in [-0.4, -0.2) is 50.1 Å². The van der Waals surface area contributed by atoms with E-state index in [0.717, 1.165) is 6.42 Å². The average molecular weight is 373 g/mol. The maximum absolute atomic E-state index is 13.0. The van der Waals surface area contributed by atoms with Gasteiger partial charge in [0.2, 0.25) is 0 Å². The third-order valence-electron chi connectivity index (χ3n) is 5.76. The molecule has 6 unspecified atom stereocenters. The number of rotatable bonds is 10. The number of ketones is 1. The van der Waals surface area contributed by atoms with E-state index in [-0.39, 0.29) is 11.7 Å². The van der Waals surface area contributed by atoms with Gasteiger partial charge in [-0.3, -0.25) is 4.79 Å². The van der Waals surface area contributed by atoms with Crippen molar-refractivity contribution in [2.24, 2.45) is 29.6 Å². The normalized spacial score (nSPS) is 32.0. The van der Waals surface area contributed by atoms with Gasteiger partial charge in [-0.05, 0) is 43.4 Å². The summed E-state index contributed by atoms with van der Waals surface area (Å²) in [5, 5.41) is 43.4. The molecule has 0 heterocycles. The highest BCUT2D eigenvalue weighted by molar-refractivity contribution is 5.89. The van der Waals surface area contributed by atoms with Crippen molar-refractivity contribution >= 4 is 5.78 Å². The first-order chi connectivity index (χ1) is 11.9. The van der Waals surface area contributed by atoms with Crippen molar-refractivity contribution < 1.29 is 25.2 Å². The summed E-state index contributed by atoms with van der Waals surface area (Å²) in [5.41, 5.74) is -1.89. The van der Waals surface area contributed by atoms with E-state index >= 15 is 0 Å². The molecule has 0 bridgehead atoms. The maximum atomic E-state index is 13.0. The Morgan fingerprint density at radius 2 is 1.46 bits per heavy atom. The molecule has 1 aliphatic carbocycles. The van der Waals surface area contributed by atoms with E-state index in [0.29, 0.717) is 37.5 Å². The molecule has 0 radical (unpaired) electrons. The first kappa shape index (κ1) is 23.5. The lowest BCUT2D eigenvalue weighted by atomic mass is 9.78. The fraction of sp³-hybridized carbons (Fsp3) is 0.952. The molecule has 4 N–H and O–H groups in total. The molecular weight excluding hydrogens is 332 g/mol. The largest absolute Gasteiger partial charge is 0.392 e. The van der Waals surface area contributed by atoms with E-state index in [1.54, 1.807) is 0 Å². The van der Waals surface area contributed by atoms with Crippen LogP contribution in [0.3, 0.4) is 0 Å². The smallest absolute Gasteiger partial charge is 0.147 e. The zero-order valence-electron chi connectivity index (χ0n) is 17.4. The van der Waals surface area contributed by atoms with Gasteiger partial charge in [0.15, 0.2) is 0 Å². The lowest BCUT2D eigenvalue weighted by Gasteiger charge is -2.37. The summed E-state index contributed by atoms with van der Waals surface area (Å²) >= 11 is 0. The van der Waals surface area contributed by atoms with Crippen molar-refractivity contribution in [1.29, 1.82) is 0 Å². The van der Waals surface area contributed by atoms with Gasteiger partial charge in [-0.2, -0.15) is 0 Å². The summed E-state index contributed by atoms with van der Waals surface area (Å²) in [6, 6.07) is 0. The number of Topliss-reactive ketones (excluding diaryl/α,β-unsaturated/α-hetero) is 1. The molecule has 5 heteroatoms. The summed E-state index contributed by atoms with van der Waals surface area (Å²) in [7, 11) is 0. The Morgan fingerprint density at radius 3 is 1.92 bits per heavy atom. The third kappa shape index (κ3) is 5.28. The van der Waals surface area contributed by atoms with Crippen molar-refractivity contribution in [3.8, 4) is 0 Å². The second-order valence-corrected chi connectivity index (χ2v) is 9.47. The molecule has 0 aliphatic heterocycles. The number of hydrogen-bond donors (Lipinski definition) is 4. The van der Waals surface area contributed by atoms with Crippen LogP contribution < -0.4 is 0 Å². The second-order valence-electron chi connectivity index (χ2n) is 9.47. The van der Waals surface area contributed by atoms with Crippen LogP contribution in [0.1, 0.15) is 73.6 Å². The van der Waals surface area contributed by atoms with E-state index in [4.69, 9.17) is 0 Å². The maximum Gasteiger partial charge on any atom is 0.147 e. The first-order valence-electron chi connectivity index (χ1n) is 10.2. The SMILES string of the molecule is CC(C)CCC(O)C1(O)C(CCC(C)C)C(=O)C(C(O)CC(C)C)C1O. The molecule has 5 nitrogen and oxygen atoms in total. The molecule has 0 aromatic rings. The van der Waals surface area contributed by atoms with Gasteiger partial charge in [0.1, 0.15) is 11.4 Å². The Labute approximate surface area is 158 Å². The first-order valence-corrected chi connectivity index (χ1v) is 10.2. The zero-order chi connectivity index (χ0) is 20.2. The van der Waals surface area contributed by atoms with Gasteiger partial charge in [0.25, 0.3) is 0 Å². The predicted molar refractivity (Wildman–Crippen MR) is 103 cm³/mol. The quantitative estimate of drug-likeness (QED) is 0.472. The Balaban J connectivity index is 3.13. The van der Waals surface area contributed by atoms with E-state index in [9.17, 15) is 25.2 Å². The van der Waals surface area contributed by atoms with Crippen LogP contribution in [0, 0.1) is 29.6 Å².